The Bertz CT molecular complexity index is 141. The maximum absolute atomic E-state index is 2.50. The van der Waals surface area contributed by atoms with Crippen LogP contribution in [-0.4, -0.2) is 49.6 Å². The smallest absolute Gasteiger partial charge is 0.0109 e. The fourth-order valence-corrected chi connectivity index (χ4v) is 1.74. The van der Waals surface area contributed by atoms with E-state index < -0.39 is 0 Å². The lowest BCUT2D eigenvalue weighted by Gasteiger charge is -2.22. The van der Waals surface area contributed by atoms with E-state index in [0.717, 1.165) is 12.0 Å². The van der Waals surface area contributed by atoms with Gasteiger partial charge in [0, 0.05) is 25.7 Å². The van der Waals surface area contributed by atoms with Crippen molar-refractivity contribution in [2.24, 2.45) is 5.92 Å². The van der Waals surface area contributed by atoms with Crippen molar-refractivity contribution in [1.82, 2.24) is 9.80 Å². The van der Waals surface area contributed by atoms with Gasteiger partial charge in [-0.1, -0.05) is 13.8 Å². The zero-order valence-corrected chi connectivity index (χ0v) is 9.58. The molecule has 0 spiro atoms. The van der Waals surface area contributed by atoms with E-state index in [1.54, 1.807) is 0 Å². The van der Waals surface area contributed by atoms with Gasteiger partial charge in [-0.15, -0.1) is 0 Å². The number of hydrogen-bond acceptors (Lipinski definition) is 2. The summed E-state index contributed by atoms with van der Waals surface area (Å²) in [5, 5.41) is 0. The van der Waals surface area contributed by atoms with Gasteiger partial charge in [-0.25, -0.2) is 0 Å². The average Bonchev–Trinajstić information content (AvgIpc) is 2.80. The lowest BCUT2D eigenvalue weighted by atomic mass is 10.2. The maximum atomic E-state index is 2.50. The second kappa shape index (κ2) is 4.97. The number of rotatable bonds is 6. The Morgan fingerprint density at radius 2 is 1.77 bits per heavy atom. The molecule has 1 aliphatic rings. The predicted octanol–water partition coefficient (Wildman–Crippen LogP) is 1.67. The predicted molar refractivity (Wildman–Crippen MR) is 58.0 cm³/mol. The molecule has 0 aliphatic heterocycles. The van der Waals surface area contributed by atoms with Crippen molar-refractivity contribution in [1.29, 1.82) is 0 Å². The van der Waals surface area contributed by atoms with Crippen LogP contribution in [0.15, 0.2) is 0 Å². The zero-order valence-electron chi connectivity index (χ0n) is 9.58. The van der Waals surface area contributed by atoms with Crippen molar-refractivity contribution < 1.29 is 0 Å². The summed E-state index contributed by atoms with van der Waals surface area (Å²) in [4.78, 5) is 4.93. The largest absolute Gasteiger partial charge is 0.305 e. The summed E-state index contributed by atoms with van der Waals surface area (Å²) in [6.07, 6.45) is 2.84. The SMILES string of the molecule is CC(C)CN(C)CCN(C)C1CC1. The first-order chi connectivity index (χ1) is 6.09. The molecule has 0 bridgehead atoms. The summed E-state index contributed by atoms with van der Waals surface area (Å²) in [6, 6.07) is 0.910. The second-order valence-corrected chi connectivity index (χ2v) is 4.87. The lowest BCUT2D eigenvalue weighted by Crippen LogP contribution is -2.33. The van der Waals surface area contributed by atoms with Crippen LogP contribution in [0.2, 0.25) is 0 Å². The standard InChI is InChI=1S/C11H24N2/c1-10(2)9-12(3)7-8-13(4)11-5-6-11/h10-11H,5-9H2,1-4H3. The van der Waals surface area contributed by atoms with Gasteiger partial charge in [0.05, 0.1) is 0 Å². The van der Waals surface area contributed by atoms with Crippen LogP contribution in [0.4, 0.5) is 0 Å². The molecular formula is C11H24N2. The van der Waals surface area contributed by atoms with Gasteiger partial charge in [-0.3, -0.25) is 0 Å². The van der Waals surface area contributed by atoms with Gasteiger partial charge >= 0.3 is 0 Å². The molecule has 2 nitrogen and oxygen atoms in total. The molecule has 1 rings (SSSR count). The van der Waals surface area contributed by atoms with E-state index in [-0.39, 0.29) is 0 Å². The fourth-order valence-electron chi connectivity index (χ4n) is 1.74. The highest BCUT2D eigenvalue weighted by molar-refractivity contribution is 4.82. The molecule has 0 radical (unpaired) electrons. The molecular weight excluding hydrogens is 160 g/mol. The Balaban J connectivity index is 2.03. The first-order valence-corrected chi connectivity index (χ1v) is 5.48. The van der Waals surface area contributed by atoms with Crippen molar-refractivity contribution in [3.8, 4) is 0 Å². The lowest BCUT2D eigenvalue weighted by molar-refractivity contribution is 0.235. The van der Waals surface area contributed by atoms with Crippen LogP contribution in [0.5, 0.6) is 0 Å². The van der Waals surface area contributed by atoms with Crippen LogP contribution < -0.4 is 0 Å². The van der Waals surface area contributed by atoms with Gasteiger partial charge in [0.15, 0.2) is 0 Å². The average molecular weight is 184 g/mol. The molecule has 1 fully saturated rings. The summed E-state index contributed by atoms with van der Waals surface area (Å²) < 4.78 is 0. The van der Waals surface area contributed by atoms with Crippen molar-refractivity contribution in [2.75, 3.05) is 33.7 Å². The first-order valence-electron chi connectivity index (χ1n) is 5.48. The van der Waals surface area contributed by atoms with Gasteiger partial charge in [0.25, 0.3) is 0 Å². The van der Waals surface area contributed by atoms with Crippen molar-refractivity contribution in [2.45, 2.75) is 32.7 Å². The summed E-state index contributed by atoms with van der Waals surface area (Å²) in [5.41, 5.74) is 0. The van der Waals surface area contributed by atoms with E-state index in [9.17, 15) is 0 Å². The number of hydrogen-bond donors (Lipinski definition) is 0. The molecule has 13 heavy (non-hydrogen) atoms. The van der Waals surface area contributed by atoms with Crippen LogP contribution in [0, 0.1) is 5.92 Å². The minimum absolute atomic E-state index is 0.788. The monoisotopic (exact) mass is 184 g/mol. The molecule has 0 N–H and O–H groups in total. The normalized spacial score (nSPS) is 17.8. The van der Waals surface area contributed by atoms with Gasteiger partial charge in [0.2, 0.25) is 0 Å². The molecule has 0 unspecified atom stereocenters. The third kappa shape index (κ3) is 4.63. The van der Waals surface area contributed by atoms with Crippen LogP contribution >= 0.6 is 0 Å². The molecule has 1 saturated carbocycles. The van der Waals surface area contributed by atoms with E-state index >= 15 is 0 Å². The van der Waals surface area contributed by atoms with Gasteiger partial charge in [0.1, 0.15) is 0 Å². The molecule has 1 aliphatic carbocycles. The second-order valence-electron chi connectivity index (χ2n) is 4.87. The third-order valence-corrected chi connectivity index (χ3v) is 2.68. The summed E-state index contributed by atoms with van der Waals surface area (Å²) in [5.74, 6) is 0.788. The molecule has 0 saturated heterocycles. The van der Waals surface area contributed by atoms with Crippen LogP contribution in [0.25, 0.3) is 0 Å². The minimum atomic E-state index is 0.788. The summed E-state index contributed by atoms with van der Waals surface area (Å²) in [7, 11) is 4.47. The van der Waals surface area contributed by atoms with Crippen LogP contribution in [0.3, 0.4) is 0 Å². The van der Waals surface area contributed by atoms with Crippen molar-refractivity contribution >= 4 is 0 Å². The molecule has 78 valence electrons. The van der Waals surface area contributed by atoms with Gasteiger partial charge in [-0.2, -0.15) is 0 Å². The van der Waals surface area contributed by atoms with E-state index in [4.69, 9.17) is 0 Å². The third-order valence-electron chi connectivity index (χ3n) is 2.68. The molecule has 0 aromatic rings. The summed E-state index contributed by atoms with van der Waals surface area (Å²) >= 11 is 0. The van der Waals surface area contributed by atoms with Crippen molar-refractivity contribution in [3.63, 3.8) is 0 Å². The Hall–Kier alpha value is -0.0800. The molecule has 2 heteroatoms. The van der Waals surface area contributed by atoms with Crippen LogP contribution in [0.1, 0.15) is 26.7 Å². The highest BCUT2D eigenvalue weighted by atomic mass is 15.2. The van der Waals surface area contributed by atoms with E-state index in [0.29, 0.717) is 0 Å². The van der Waals surface area contributed by atoms with Crippen molar-refractivity contribution in [3.05, 3.63) is 0 Å². The van der Waals surface area contributed by atoms with Crippen LogP contribution in [-0.2, 0) is 0 Å². The number of nitrogens with zero attached hydrogens (tertiary/aromatic N) is 2. The topological polar surface area (TPSA) is 6.48 Å². The Morgan fingerprint density at radius 3 is 2.23 bits per heavy atom. The van der Waals surface area contributed by atoms with E-state index in [2.05, 4.69) is 37.7 Å². The van der Waals surface area contributed by atoms with Gasteiger partial charge < -0.3 is 9.80 Å². The molecule has 0 aromatic carbocycles. The van der Waals surface area contributed by atoms with Gasteiger partial charge in [-0.05, 0) is 32.9 Å². The highest BCUT2D eigenvalue weighted by Gasteiger charge is 2.25. The minimum Gasteiger partial charge on any atom is -0.305 e. The molecule has 0 heterocycles. The summed E-state index contributed by atoms with van der Waals surface area (Å²) in [6.45, 7) is 8.22. The quantitative estimate of drug-likeness (QED) is 0.619. The maximum Gasteiger partial charge on any atom is 0.0109 e. The van der Waals surface area contributed by atoms with E-state index in [1.807, 2.05) is 0 Å². The highest BCUT2D eigenvalue weighted by Crippen LogP contribution is 2.24. The Kier molecular flexibility index (Phi) is 4.20. The molecule has 0 amide bonds. The first kappa shape index (κ1) is 11.0. The fraction of sp³-hybridized carbons (Fsp3) is 1.00. The molecule has 0 aromatic heterocycles. The number of likely N-dealkylation sites (N-methyl/N-ethyl adjacent to an activating group) is 2. The molecule has 0 atom stereocenters. The Morgan fingerprint density at radius 1 is 1.15 bits per heavy atom. The Labute approximate surface area is 82.9 Å². The van der Waals surface area contributed by atoms with E-state index in [1.165, 1.54) is 32.5 Å². The zero-order chi connectivity index (χ0) is 9.84.